The second-order valence-electron chi connectivity index (χ2n) is 4.35. The molecule has 0 radical (unpaired) electrons. The summed E-state index contributed by atoms with van der Waals surface area (Å²) in [5, 5.41) is 28.5. The summed E-state index contributed by atoms with van der Waals surface area (Å²) in [6.07, 6.45) is 0. The lowest BCUT2D eigenvalue weighted by molar-refractivity contribution is 0.0697. The Hall–Kier alpha value is -3.01. The van der Waals surface area contributed by atoms with Crippen molar-refractivity contribution in [3.8, 4) is 11.5 Å². The fourth-order valence-corrected chi connectivity index (χ4v) is 1.81. The van der Waals surface area contributed by atoms with Crippen molar-refractivity contribution in [3.63, 3.8) is 0 Å². The number of rotatable bonds is 1. The van der Waals surface area contributed by atoms with Crippen LogP contribution in [0.25, 0.3) is 10.8 Å². The number of phenols is 2. The monoisotopic (exact) mass is 282 g/mol. The molecule has 4 nitrogen and oxygen atoms in total. The number of aromatic hydroxyl groups is 2. The predicted molar refractivity (Wildman–Crippen MR) is 80.7 cm³/mol. The van der Waals surface area contributed by atoms with Crippen LogP contribution in [0.1, 0.15) is 10.4 Å². The van der Waals surface area contributed by atoms with Gasteiger partial charge >= 0.3 is 5.97 Å². The third-order valence-electron chi connectivity index (χ3n) is 2.88. The highest BCUT2D eigenvalue weighted by Gasteiger charge is 1.99. The topological polar surface area (TPSA) is 77.8 Å². The molecule has 0 amide bonds. The number of phenolic OH excluding ortho intramolecular Hbond substituents is 2. The minimum Gasteiger partial charge on any atom is -0.508 e. The average Bonchev–Trinajstić information content (AvgIpc) is 2.49. The molecule has 0 atom stereocenters. The Morgan fingerprint density at radius 3 is 2.00 bits per heavy atom. The van der Waals surface area contributed by atoms with Gasteiger partial charge < -0.3 is 15.3 Å². The largest absolute Gasteiger partial charge is 0.508 e. The van der Waals surface area contributed by atoms with E-state index in [1.807, 2.05) is 36.4 Å². The van der Waals surface area contributed by atoms with E-state index in [4.69, 9.17) is 10.2 Å². The molecular weight excluding hydrogens is 268 g/mol. The summed E-state index contributed by atoms with van der Waals surface area (Å²) in [5.41, 5.74) is 0.179. The van der Waals surface area contributed by atoms with E-state index in [1.165, 1.54) is 24.3 Å². The smallest absolute Gasteiger partial charge is 0.335 e. The quantitative estimate of drug-likeness (QED) is 0.637. The maximum Gasteiger partial charge on any atom is 0.335 e. The van der Waals surface area contributed by atoms with E-state index in [2.05, 4.69) is 0 Å². The van der Waals surface area contributed by atoms with E-state index in [1.54, 1.807) is 6.07 Å². The molecule has 0 fully saturated rings. The molecule has 3 rings (SSSR count). The minimum absolute atomic E-state index is 0.0741. The first-order chi connectivity index (χ1) is 10.1. The van der Waals surface area contributed by atoms with Crippen LogP contribution < -0.4 is 0 Å². The number of carbonyl (C=O) groups is 1. The molecule has 3 N–H and O–H groups in total. The van der Waals surface area contributed by atoms with Gasteiger partial charge in [0.15, 0.2) is 0 Å². The molecule has 0 aliphatic heterocycles. The van der Waals surface area contributed by atoms with Gasteiger partial charge in [-0.25, -0.2) is 4.79 Å². The summed E-state index contributed by atoms with van der Waals surface area (Å²) in [6.45, 7) is 0. The van der Waals surface area contributed by atoms with Crippen LogP contribution in [0.3, 0.4) is 0 Å². The molecule has 0 heterocycles. The summed E-state index contributed by atoms with van der Waals surface area (Å²) >= 11 is 0. The van der Waals surface area contributed by atoms with Gasteiger partial charge in [-0.3, -0.25) is 0 Å². The van der Waals surface area contributed by atoms with Gasteiger partial charge in [0.2, 0.25) is 0 Å². The van der Waals surface area contributed by atoms with Crippen LogP contribution in [0, 0.1) is 0 Å². The van der Waals surface area contributed by atoms with Gasteiger partial charge in [0.25, 0.3) is 0 Å². The van der Waals surface area contributed by atoms with Gasteiger partial charge in [0.1, 0.15) is 11.5 Å². The van der Waals surface area contributed by atoms with Crippen LogP contribution in [-0.4, -0.2) is 21.3 Å². The SMILES string of the molecule is O=C(O)c1ccc(O)cc1.Oc1cccc2ccccc12. The Morgan fingerprint density at radius 2 is 1.38 bits per heavy atom. The number of benzene rings is 3. The molecule has 3 aromatic carbocycles. The molecular formula is C17H14O4. The van der Waals surface area contributed by atoms with Gasteiger partial charge in [0, 0.05) is 5.39 Å². The second kappa shape index (κ2) is 6.43. The molecule has 0 aromatic heterocycles. The number of hydrogen-bond acceptors (Lipinski definition) is 3. The normalized spacial score (nSPS) is 9.71. The third-order valence-corrected chi connectivity index (χ3v) is 2.88. The summed E-state index contributed by atoms with van der Waals surface area (Å²) in [7, 11) is 0. The fourth-order valence-electron chi connectivity index (χ4n) is 1.81. The molecule has 4 heteroatoms. The number of carboxylic acid groups (broad SMARTS) is 1. The zero-order chi connectivity index (χ0) is 15.2. The van der Waals surface area contributed by atoms with Crippen molar-refractivity contribution < 1.29 is 20.1 Å². The molecule has 0 saturated heterocycles. The molecule has 0 aliphatic rings. The zero-order valence-corrected chi connectivity index (χ0v) is 11.1. The fraction of sp³-hybridized carbons (Fsp3) is 0. The first-order valence-corrected chi connectivity index (χ1v) is 6.27. The molecule has 106 valence electrons. The molecule has 0 spiro atoms. The average molecular weight is 282 g/mol. The van der Waals surface area contributed by atoms with Crippen molar-refractivity contribution in [2.24, 2.45) is 0 Å². The summed E-state index contributed by atoms with van der Waals surface area (Å²) in [5.74, 6) is -0.562. The second-order valence-corrected chi connectivity index (χ2v) is 4.35. The first kappa shape index (κ1) is 14.4. The number of hydrogen-bond donors (Lipinski definition) is 3. The third kappa shape index (κ3) is 3.73. The van der Waals surface area contributed by atoms with Gasteiger partial charge in [0.05, 0.1) is 5.56 Å². The van der Waals surface area contributed by atoms with Crippen LogP contribution in [0.5, 0.6) is 11.5 Å². The van der Waals surface area contributed by atoms with Gasteiger partial charge in [-0.2, -0.15) is 0 Å². The van der Waals surface area contributed by atoms with Crippen LogP contribution in [0.15, 0.2) is 66.7 Å². The number of fused-ring (bicyclic) bond motifs is 1. The van der Waals surface area contributed by atoms with Gasteiger partial charge in [-0.1, -0.05) is 36.4 Å². The lowest BCUT2D eigenvalue weighted by Gasteiger charge is -1.97. The molecule has 0 unspecified atom stereocenters. The molecule has 0 saturated carbocycles. The van der Waals surface area contributed by atoms with Crippen molar-refractivity contribution in [3.05, 3.63) is 72.3 Å². The van der Waals surface area contributed by atoms with Crippen molar-refractivity contribution in [2.45, 2.75) is 0 Å². The molecule has 3 aromatic rings. The van der Waals surface area contributed by atoms with E-state index in [9.17, 15) is 9.90 Å². The van der Waals surface area contributed by atoms with Crippen molar-refractivity contribution in [1.29, 1.82) is 0 Å². The lowest BCUT2D eigenvalue weighted by Crippen LogP contribution is -1.93. The molecule has 21 heavy (non-hydrogen) atoms. The Kier molecular flexibility index (Phi) is 4.41. The maximum atomic E-state index is 10.2. The van der Waals surface area contributed by atoms with E-state index in [0.717, 1.165) is 10.8 Å². The highest BCUT2D eigenvalue weighted by Crippen LogP contribution is 2.22. The highest BCUT2D eigenvalue weighted by molar-refractivity contribution is 5.88. The molecule has 0 aliphatic carbocycles. The van der Waals surface area contributed by atoms with E-state index in [-0.39, 0.29) is 11.3 Å². The lowest BCUT2D eigenvalue weighted by atomic mass is 10.1. The van der Waals surface area contributed by atoms with Crippen molar-refractivity contribution in [2.75, 3.05) is 0 Å². The van der Waals surface area contributed by atoms with Gasteiger partial charge in [-0.05, 0) is 35.7 Å². The van der Waals surface area contributed by atoms with Crippen LogP contribution >= 0.6 is 0 Å². The summed E-state index contributed by atoms with van der Waals surface area (Å²) < 4.78 is 0. The predicted octanol–water partition coefficient (Wildman–Crippen LogP) is 3.64. The Labute approximate surface area is 121 Å². The van der Waals surface area contributed by atoms with E-state index in [0.29, 0.717) is 5.75 Å². The van der Waals surface area contributed by atoms with Crippen LogP contribution in [0.2, 0.25) is 0 Å². The van der Waals surface area contributed by atoms with E-state index < -0.39 is 5.97 Å². The standard InChI is InChI=1S/C10H8O.C7H6O3/c11-10-7-3-5-8-4-1-2-6-9(8)10;8-6-3-1-5(2-4-6)7(9)10/h1-7,11H;1-4,8H,(H,9,10). The van der Waals surface area contributed by atoms with Crippen molar-refractivity contribution in [1.82, 2.24) is 0 Å². The Bertz CT molecular complexity index is 743. The Balaban J connectivity index is 0.000000155. The van der Waals surface area contributed by atoms with Crippen molar-refractivity contribution >= 4 is 16.7 Å². The Morgan fingerprint density at radius 1 is 0.762 bits per heavy atom. The van der Waals surface area contributed by atoms with Gasteiger partial charge in [-0.15, -0.1) is 0 Å². The maximum absolute atomic E-state index is 10.2. The minimum atomic E-state index is -0.986. The summed E-state index contributed by atoms with van der Waals surface area (Å²) in [6, 6.07) is 18.7. The summed E-state index contributed by atoms with van der Waals surface area (Å²) in [4.78, 5) is 10.2. The zero-order valence-electron chi connectivity index (χ0n) is 11.1. The van der Waals surface area contributed by atoms with Crippen LogP contribution in [0.4, 0.5) is 0 Å². The highest BCUT2D eigenvalue weighted by atomic mass is 16.4. The number of carboxylic acids is 1. The first-order valence-electron chi connectivity index (χ1n) is 6.27. The van der Waals surface area contributed by atoms with E-state index >= 15 is 0 Å². The van der Waals surface area contributed by atoms with Crippen LogP contribution in [-0.2, 0) is 0 Å². The molecule has 0 bridgehead atoms. The number of aromatic carboxylic acids is 1.